The molecular weight excluding hydrogens is 274 g/mol. The fourth-order valence-corrected chi connectivity index (χ4v) is 1.88. The topological polar surface area (TPSA) is 95.9 Å². The van der Waals surface area contributed by atoms with Crippen LogP contribution in [0.15, 0.2) is 37.0 Å². The van der Waals surface area contributed by atoms with Crippen molar-refractivity contribution >= 4 is 11.1 Å². The van der Waals surface area contributed by atoms with Gasteiger partial charge in [-0.05, 0) is 30.9 Å². The first-order valence-electron chi connectivity index (χ1n) is 5.78. The van der Waals surface area contributed by atoms with Crippen molar-refractivity contribution in [2.45, 2.75) is 19.3 Å². The minimum Gasteiger partial charge on any atom is -0.405 e. The predicted octanol–water partition coefficient (Wildman–Crippen LogP) is 1.27. The van der Waals surface area contributed by atoms with Crippen LogP contribution >= 0.6 is 0 Å². The maximum absolute atomic E-state index is 11.9. The van der Waals surface area contributed by atoms with Gasteiger partial charge < -0.3 is 4.42 Å². The van der Waals surface area contributed by atoms with Crippen LogP contribution in [0.4, 0.5) is 8.78 Å². The van der Waals surface area contributed by atoms with Gasteiger partial charge in [0.25, 0.3) is 11.6 Å². The molecule has 0 saturated carbocycles. The van der Waals surface area contributed by atoms with Gasteiger partial charge in [0, 0.05) is 6.07 Å². The minimum atomic E-state index is -1.77. The molecule has 0 spiro atoms. The Balaban J connectivity index is 2.42. The molecule has 0 unspecified atom stereocenters. The smallest absolute Gasteiger partial charge is 0.337 e. The van der Waals surface area contributed by atoms with E-state index in [4.69, 9.17) is 4.42 Å². The monoisotopic (exact) mass is 284 g/mol. The standard InChI is InChI=1S/C12H10F2N2O4/c13-7(14)4-2-1-3-6-5-8(17)20-11-9(6)10(18)15-12(19)16-11/h4-5H,1-3H2,(H2,15,16,18,19). The summed E-state index contributed by atoms with van der Waals surface area (Å²) in [6.45, 7) is 0. The number of aromatic nitrogens is 2. The van der Waals surface area contributed by atoms with Crippen LogP contribution in [0.2, 0.25) is 0 Å². The second-order valence-electron chi connectivity index (χ2n) is 4.09. The van der Waals surface area contributed by atoms with E-state index in [2.05, 4.69) is 4.98 Å². The molecule has 2 heterocycles. The molecule has 0 bridgehead atoms. The molecule has 0 aliphatic rings. The number of aromatic amines is 2. The van der Waals surface area contributed by atoms with E-state index in [1.165, 1.54) is 0 Å². The summed E-state index contributed by atoms with van der Waals surface area (Å²) in [6, 6.07) is 1.12. The number of H-pyrrole nitrogens is 2. The van der Waals surface area contributed by atoms with Crippen molar-refractivity contribution < 1.29 is 13.2 Å². The molecule has 0 saturated heterocycles. The van der Waals surface area contributed by atoms with Crippen LogP contribution in [-0.2, 0) is 6.42 Å². The van der Waals surface area contributed by atoms with Gasteiger partial charge in [0.2, 0.25) is 5.71 Å². The zero-order valence-corrected chi connectivity index (χ0v) is 10.2. The normalized spacial score (nSPS) is 10.7. The Hall–Kier alpha value is -2.51. The minimum absolute atomic E-state index is 0.0499. The number of nitrogens with one attached hydrogen (secondary N) is 2. The molecule has 0 fully saturated rings. The SMILES string of the molecule is O=c1[nH]c(=O)c2c(CCCC=C(F)F)cc(=O)oc2[nH]1. The molecule has 2 N–H and O–H groups in total. The third-order valence-corrected chi connectivity index (χ3v) is 2.67. The van der Waals surface area contributed by atoms with Gasteiger partial charge in [-0.15, -0.1) is 0 Å². The molecule has 0 aliphatic carbocycles. The van der Waals surface area contributed by atoms with Crippen molar-refractivity contribution in [3.05, 3.63) is 55.0 Å². The second-order valence-corrected chi connectivity index (χ2v) is 4.09. The molecule has 0 atom stereocenters. The van der Waals surface area contributed by atoms with Gasteiger partial charge in [0.05, 0.1) is 0 Å². The Bertz CT molecular complexity index is 822. The number of aryl methyl sites for hydroxylation is 1. The van der Waals surface area contributed by atoms with Gasteiger partial charge in [0.1, 0.15) is 5.39 Å². The van der Waals surface area contributed by atoms with Crippen LogP contribution in [0.25, 0.3) is 11.1 Å². The maximum Gasteiger partial charge on any atom is 0.337 e. The van der Waals surface area contributed by atoms with E-state index in [9.17, 15) is 23.2 Å². The quantitative estimate of drug-likeness (QED) is 0.826. The summed E-state index contributed by atoms with van der Waals surface area (Å²) in [5, 5.41) is 0.0499. The Labute approximate surface area is 109 Å². The number of rotatable bonds is 4. The highest BCUT2D eigenvalue weighted by Gasteiger charge is 2.10. The van der Waals surface area contributed by atoms with Crippen molar-refractivity contribution in [3.8, 4) is 0 Å². The summed E-state index contributed by atoms with van der Waals surface area (Å²) in [4.78, 5) is 38.4. The number of halogens is 2. The zero-order chi connectivity index (χ0) is 14.7. The molecule has 106 valence electrons. The Morgan fingerprint density at radius 2 is 2.00 bits per heavy atom. The largest absolute Gasteiger partial charge is 0.405 e. The molecule has 0 aromatic carbocycles. The number of fused-ring (bicyclic) bond motifs is 1. The highest BCUT2D eigenvalue weighted by molar-refractivity contribution is 5.75. The molecular formula is C12H10F2N2O4. The lowest BCUT2D eigenvalue weighted by molar-refractivity contribution is 0.417. The van der Waals surface area contributed by atoms with Gasteiger partial charge in [-0.25, -0.2) is 9.59 Å². The van der Waals surface area contributed by atoms with E-state index in [1.807, 2.05) is 4.98 Å². The maximum atomic E-state index is 11.9. The van der Waals surface area contributed by atoms with Gasteiger partial charge in [0.15, 0.2) is 0 Å². The molecule has 8 heteroatoms. The summed E-state index contributed by atoms with van der Waals surface area (Å²) in [5.41, 5.74) is -2.06. The van der Waals surface area contributed by atoms with Crippen molar-refractivity contribution in [3.63, 3.8) is 0 Å². The van der Waals surface area contributed by atoms with Crippen molar-refractivity contribution in [2.24, 2.45) is 0 Å². The summed E-state index contributed by atoms with van der Waals surface area (Å²) in [6.07, 6.45) is -0.329. The van der Waals surface area contributed by atoms with Crippen LogP contribution in [-0.4, -0.2) is 9.97 Å². The first kappa shape index (κ1) is 13.9. The Morgan fingerprint density at radius 1 is 1.25 bits per heavy atom. The van der Waals surface area contributed by atoms with E-state index in [1.54, 1.807) is 0 Å². The molecule has 2 aromatic rings. The molecule has 2 rings (SSSR count). The summed E-state index contributed by atoms with van der Waals surface area (Å²) >= 11 is 0. The van der Waals surface area contributed by atoms with Gasteiger partial charge >= 0.3 is 11.3 Å². The molecule has 0 radical (unpaired) electrons. The third kappa shape index (κ3) is 3.08. The average Bonchev–Trinajstić information content (AvgIpc) is 2.32. The average molecular weight is 284 g/mol. The van der Waals surface area contributed by atoms with Crippen LogP contribution < -0.4 is 16.9 Å². The Morgan fingerprint density at radius 3 is 2.70 bits per heavy atom. The lowest BCUT2D eigenvalue weighted by Crippen LogP contribution is -2.24. The van der Waals surface area contributed by atoms with Gasteiger partial charge in [-0.2, -0.15) is 8.78 Å². The molecule has 0 aliphatic heterocycles. The first-order valence-corrected chi connectivity index (χ1v) is 5.78. The van der Waals surface area contributed by atoms with Crippen molar-refractivity contribution in [1.82, 2.24) is 9.97 Å². The summed E-state index contributed by atoms with van der Waals surface area (Å²) in [7, 11) is 0. The highest BCUT2D eigenvalue weighted by atomic mass is 19.3. The van der Waals surface area contributed by atoms with E-state index in [0.717, 1.165) is 12.1 Å². The molecule has 2 aromatic heterocycles. The van der Waals surface area contributed by atoms with E-state index < -0.39 is 23.0 Å². The highest BCUT2D eigenvalue weighted by Crippen LogP contribution is 2.13. The molecule has 0 amide bonds. The predicted molar refractivity (Wildman–Crippen MR) is 67.0 cm³/mol. The third-order valence-electron chi connectivity index (χ3n) is 2.67. The van der Waals surface area contributed by atoms with E-state index in [-0.39, 0.29) is 23.9 Å². The second kappa shape index (κ2) is 5.64. The fourth-order valence-electron chi connectivity index (χ4n) is 1.88. The van der Waals surface area contributed by atoms with Crippen molar-refractivity contribution in [2.75, 3.05) is 0 Å². The summed E-state index contributed by atoms with van der Waals surface area (Å²) in [5.74, 6) is 0. The lowest BCUT2D eigenvalue weighted by atomic mass is 10.1. The molecule has 6 nitrogen and oxygen atoms in total. The van der Waals surface area contributed by atoms with Crippen LogP contribution in [0.3, 0.4) is 0 Å². The van der Waals surface area contributed by atoms with Crippen LogP contribution in [0.1, 0.15) is 18.4 Å². The van der Waals surface area contributed by atoms with E-state index in [0.29, 0.717) is 12.0 Å². The molecule has 20 heavy (non-hydrogen) atoms. The number of unbranched alkanes of at least 4 members (excludes halogenated alkanes) is 1. The van der Waals surface area contributed by atoms with Crippen LogP contribution in [0, 0.1) is 0 Å². The first-order chi connectivity index (χ1) is 9.47. The fraction of sp³-hybridized carbons (Fsp3) is 0.250. The number of hydrogen-bond donors (Lipinski definition) is 2. The number of allylic oxidation sites excluding steroid dienone is 1. The van der Waals surface area contributed by atoms with Gasteiger partial charge in [-0.1, -0.05) is 0 Å². The number of hydrogen-bond acceptors (Lipinski definition) is 4. The zero-order valence-electron chi connectivity index (χ0n) is 10.2. The Kier molecular flexibility index (Phi) is 3.92. The van der Waals surface area contributed by atoms with Gasteiger partial charge in [-0.3, -0.25) is 14.8 Å². The van der Waals surface area contributed by atoms with Crippen LogP contribution in [0.5, 0.6) is 0 Å². The van der Waals surface area contributed by atoms with Crippen molar-refractivity contribution in [1.29, 1.82) is 0 Å². The summed E-state index contributed by atoms with van der Waals surface area (Å²) < 4.78 is 28.5. The lowest BCUT2D eigenvalue weighted by Gasteiger charge is -2.02. The van der Waals surface area contributed by atoms with E-state index >= 15 is 0 Å².